The van der Waals surface area contributed by atoms with E-state index in [-0.39, 0.29) is 11.5 Å². The molecule has 1 aliphatic carbocycles. The SMILES string of the molecule is CCCCCCn1c(C)cc2c1CC(C)(C)CC2O. The minimum Gasteiger partial charge on any atom is -0.388 e. The fourth-order valence-corrected chi connectivity index (χ4v) is 3.41. The zero-order valence-electron chi connectivity index (χ0n) is 13.0. The molecule has 0 amide bonds. The van der Waals surface area contributed by atoms with Crippen LogP contribution in [0.25, 0.3) is 0 Å². The molecule has 2 nitrogen and oxygen atoms in total. The van der Waals surface area contributed by atoms with Crippen LogP contribution in [0, 0.1) is 12.3 Å². The molecule has 19 heavy (non-hydrogen) atoms. The number of aromatic nitrogens is 1. The minimum atomic E-state index is -0.269. The molecule has 1 atom stereocenters. The maximum atomic E-state index is 10.3. The van der Waals surface area contributed by atoms with Gasteiger partial charge in [-0.2, -0.15) is 0 Å². The second-order valence-electron chi connectivity index (χ2n) is 6.96. The minimum absolute atomic E-state index is 0.221. The first-order valence-corrected chi connectivity index (χ1v) is 7.81. The van der Waals surface area contributed by atoms with Crippen molar-refractivity contribution in [3.8, 4) is 0 Å². The Labute approximate surface area is 117 Å². The molecule has 0 spiro atoms. The lowest BCUT2D eigenvalue weighted by Crippen LogP contribution is -2.27. The largest absolute Gasteiger partial charge is 0.388 e. The van der Waals surface area contributed by atoms with Crippen LogP contribution in [-0.2, 0) is 13.0 Å². The van der Waals surface area contributed by atoms with Gasteiger partial charge in [0.2, 0.25) is 0 Å². The summed E-state index contributed by atoms with van der Waals surface area (Å²) < 4.78 is 2.45. The number of nitrogens with zero attached hydrogens (tertiary/aromatic N) is 1. The van der Waals surface area contributed by atoms with E-state index in [1.165, 1.54) is 42.6 Å². The van der Waals surface area contributed by atoms with Crippen molar-refractivity contribution in [2.75, 3.05) is 0 Å². The molecule has 1 unspecified atom stereocenters. The van der Waals surface area contributed by atoms with E-state index in [4.69, 9.17) is 0 Å². The molecule has 1 aromatic heterocycles. The molecule has 2 rings (SSSR count). The van der Waals surface area contributed by atoms with Gasteiger partial charge in [-0.05, 0) is 37.7 Å². The first kappa shape index (κ1) is 14.6. The van der Waals surface area contributed by atoms with Crippen molar-refractivity contribution in [3.63, 3.8) is 0 Å². The summed E-state index contributed by atoms with van der Waals surface area (Å²) in [5, 5.41) is 10.3. The normalized spacial score (nSPS) is 21.4. The van der Waals surface area contributed by atoms with Gasteiger partial charge in [-0.15, -0.1) is 0 Å². The van der Waals surface area contributed by atoms with Gasteiger partial charge in [-0.1, -0.05) is 40.0 Å². The van der Waals surface area contributed by atoms with Gasteiger partial charge in [-0.3, -0.25) is 0 Å². The van der Waals surface area contributed by atoms with Gasteiger partial charge in [0.05, 0.1) is 6.10 Å². The highest BCUT2D eigenvalue weighted by molar-refractivity contribution is 5.33. The van der Waals surface area contributed by atoms with Gasteiger partial charge in [0.1, 0.15) is 0 Å². The zero-order chi connectivity index (χ0) is 14.0. The molecule has 0 aliphatic heterocycles. The molecule has 1 N–H and O–H groups in total. The summed E-state index contributed by atoms with van der Waals surface area (Å²) in [6, 6.07) is 2.20. The number of hydrogen-bond acceptors (Lipinski definition) is 1. The van der Waals surface area contributed by atoms with Gasteiger partial charge in [0.25, 0.3) is 0 Å². The molecule has 0 saturated carbocycles. The lowest BCUT2D eigenvalue weighted by Gasteiger charge is -2.34. The first-order chi connectivity index (χ1) is 8.94. The highest BCUT2D eigenvalue weighted by Gasteiger charge is 2.33. The number of rotatable bonds is 5. The summed E-state index contributed by atoms with van der Waals surface area (Å²) in [7, 11) is 0. The fraction of sp³-hybridized carbons (Fsp3) is 0.765. The van der Waals surface area contributed by atoms with Gasteiger partial charge in [0, 0.05) is 23.5 Å². The van der Waals surface area contributed by atoms with Crippen molar-refractivity contribution in [3.05, 3.63) is 23.0 Å². The Morgan fingerprint density at radius 2 is 2.05 bits per heavy atom. The Morgan fingerprint density at radius 3 is 2.74 bits per heavy atom. The third kappa shape index (κ3) is 3.22. The quantitative estimate of drug-likeness (QED) is 0.783. The highest BCUT2D eigenvalue weighted by atomic mass is 16.3. The molecule has 108 valence electrons. The molecular formula is C17H29NO. The third-order valence-electron chi connectivity index (χ3n) is 4.44. The standard InChI is InChI=1S/C17H29NO/c1-5-6-7-8-9-18-13(2)10-14-15(18)11-17(3,4)12-16(14)19/h10,16,19H,5-9,11-12H2,1-4H3. The van der Waals surface area contributed by atoms with Crippen molar-refractivity contribution < 1.29 is 5.11 Å². The summed E-state index contributed by atoms with van der Waals surface area (Å²) in [6.45, 7) is 10.1. The van der Waals surface area contributed by atoms with E-state index in [2.05, 4.69) is 38.3 Å². The molecule has 0 bridgehead atoms. The molecule has 1 aromatic rings. The highest BCUT2D eigenvalue weighted by Crippen LogP contribution is 2.42. The monoisotopic (exact) mass is 263 g/mol. The Balaban J connectivity index is 2.16. The van der Waals surface area contributed by atoms with E-state index in [0.717, 1.165) is 19.4 Å². The fourth-order valence-electron chi connectivity index (χ4n) is 3.41. The van der Waals surface area contributed by atoms with E-state index in [1.807, 2.05) is 0 Å². The number of unbranched alkanes of at least 4 members (excludes halogenated alkanes) is 3. The number of aliphatic hydroxyl groups is 1. The predicted molar refractivity (Wildman–Crippen MR) is 80.4 cm³/mol. The molecule has 1 aliphatic rings. The van der Waals surface area contributed by atoms with Crippen molar-refractivity contribution in [2.45, 2.75) is 78.9 Å². The van der Waals surface area contributed by atoms with Gasteiger partial charge in [-0.25, -0.2) is 0 Å². The number of aliphatic hydroxyl groups excluding tert-OH is 1. The van der Waals surface area contributed by atoms with Crippen LogP contribution in [0.5, 0.6) is 0 Å². The van der Waals surface area contributed by atoms with Crippen molar-refractivity contribution in [1.29, 1.82) is 0 Å². The number of aryl methyl sites for hydroxylation is 1. The van der Waals surface area contributed by atoms with Crippen LogP contribution < -0.4 is 0 Å². The van der Waals surface area contributed by atoms with E-state index < -0.39 is 0 Å². The summed E-state index contributed by atoms with van der Waals surface area (Å²) in [6.07, 6.45) is 6.90. The summed E-state index contributed by atoms with van der Waals surface area (Å²) in [5.74, 6) is 0. The molecule has 0 saturated heterocycles. The average molecular weight is 263 g/mol. The van der Waals surface area contributed by atoms with E-state index in [9.17, 15) is 5.11 Å². The third-order valence-corrected chi connectivity index (χ3v) is 4.44. The average Bonchev–Trinajstić information content (AvgIpc) is 2.61. The molecule has 2 heteroatoms. The van der Waals surface area contributed by atoms with Gasteiger partial charge >= 0.3 is 0 Å². The van der Waals surface area contributed by atoms with Crippen LogP contribution in [0.2, 0.25) is 0 Å². The Hall–Kier alpha value is -0.760. The zero-order valence-corrected chi connectivity index (χ0v) is 13.0. The summed E-state index contributed by atoms with van der Waals surface area (Å²) >= 11 is 0. The van der Waals surface area contributed by atoms with Gasteiger partial charge in [0.15, 0.2) is 0 Å². The van der Waals surface area contributed by atoms with Crippen molar-refractivity contribution >= 4 is 0 Å². The summed E-state index contributed by atoms with van der Waals surface area (Å²) in [5.41, 5.74) is 4.11. The van der Waals surface area contributed by atoms with Crippen LogP contribution in [0.15, 0.2) is 6.07 Å². The smallest absolute Gasteiger partial charge is 0.0812 e. The predicted octanol–water partition coefficient (Wildman–Crippen LogP) is 4.38. The molecule has 1 heterocycles. The van der Waals surface area contributed by atoms with Crippen LogP contribution in [0.3, 0.4) is 0 Å². The lowest BCUT2D eigenvalue weighted by molar-refractivity contribution is 0.0979. The van der Waals surface area contributed by atoms with Crippen molar-refractivity contribution in [2.24, 2.45) is 5.41 Å². The Kier molecular flexibility index (Phi) is 4.39. The Morgan fingerprint density at radius 1 is 1.32 bits per heavy atom. The second kappa shape index (κ2) is 5.70. The second-order valence-corrected chi connectivity index (χ2v) is 6.96. The maximum absolute atomic E-state index is 10.3. The molecule has 0 aromatic carbocycles. The van der Waals surface area contributed by atoms with Crippen LogP contribution >= 0.6 is 0 Å². The van der Waals surface area contributed by atoms with E-state index >= 15 is 0 Å². The van der Waals surface area contributed by atoms with E-state index in [1.54, 1.807) is 0 Å². The number of fused-ring (bicyclic) bond motifs is 1. The Bertz CT molecular complexity index is 431. The van der Waals surface area contributed by atoms with E-state index in [0.29, 0.717) is 0 Å². The molecular weight excluding hydrogens is 234 g/mol. The van der Waals surface area contributed by atoms with Crippen LogP contribution in [-0.4, -0.2) is 9.67 Å². The lowest BCUT2D eigenvalue weighted by atomic mass is 9.75. The maximum Gasteiger partial charge on any atom is 0.0812 e. The first-order valence-electron chi connectivity index (χ1n) is 7.81. The van der Waals surface area contributed by atoms with Gasteiger partial charge < -0.3 is 9.67 Å². The topological polar surface area (TPSA) is 25.2 Å². The van der Waals surface area contributed by atoms with Crippen molar-refractivity contribution in [1.82, 2.24) is 4.57 Å². The van der Waals surface area contributed by atoms with Crippen LogP contribution in [0.1, 0.15) is 75.9 Å². The number of hydrogen-bond donors (Lipinski definition) is 1. The summed E-state index contributed by atoms with van der Waals surface area (Å²) in [4.78, 5) is 0. The van der Waals surface area contributed by atoms with Crippen LogP contribution in [0.4, 0.5) is 0 Å². The molecule has 0 radical (unpaired) electrons. The molecule has 0 fully saturated rings.